The lowest BCUT2D eigenvalue weighted by Gasteiger charge is -2.14. The average molecular weight is 346 g/mol. The fraction of sp³-hybridized carbons (Fsp3) is 0.235. The molecule has 0 saturated heterocycles. The van der Waals surface area contributed by atoms with E-state index < -0.39 is 10.0 Å². The maximum atomic E-state index is 12.5. The van der Waals surface area contributed by atoms with Gasteiger partial charge < -0.3 is 9.64 Å². The summed E-state index contributed by atoms with van der Waals surface area (Å²) in [6, 6.07) is 11.3. The lowest BCUT2D eigenvalue weighted by atomic mass is 10.1. The normalized spacial score (nSPS) is 14.6. The number of carbonyl (C=O) groups excluding carboxylic acids is 1. The zero-order valence-corrected chi connectivity index (χ0v) is 14.3. The fourth-order valence-electron chi connectivity index (χ4n) is 2.48. The van der Waals surface area contributed by atoms with Gasteiger partial charge in [0.1, 0.15) is 12.4 Å². The topological polar surface area (TPSA) is 75.7 Å². The first kappa shape index (κ1) is 16.3. The van der Waals surface area contributed by atoms with Crippen molar-refractivity contribution in [1.82, 2.24) is 4.90 Å². The Balaban J connectivity index is 1.94. The first-order valence-electron chi connectivity index (χ1n) is 7.48. The number of hydrogen-bond donors (Lipinski definition) is 1. The summed E-state index contributed by atoms with van der Waals surface area (Å²) < 4.78 is 33.0. The molecule has 7 heteroatoms. The average Bonchev–Trinajstić information content (AvgIpc) is 2.67. The van der Waals surface area contributed by atoms with Gasteiger partial charge in [-0.25, -0.2) is 8.42 Å². The van der Waals surface area contributed by atoms with Gasteiger partial charge in [-0.1, -0.05) is 12.1 Å². The highest BCUT2D eigenvalue weighted by Crippen LogP contribution is 2.27. The van der Waals surface area contributed by atoms with Gasteiger partial charge in [-0.15, -0.1) is 0 Å². The standard InChI is InChI=1S/C17H18N2O4S/c1-12-4-3-5-14(10-12)24(21,22)18-13-6-7-16-15(11-13)17(20)19(2)8-9-23-16/h3-7,10-11,18H,8-9H2,1-2H3. The molecule has 1 aliphatic rings. The van der Waals surface area contributed by atoms with Crippen LogP contribution in [-0.4, -0.2) is 39.4 Å². The number of amides is 1. The minimum Gasteiger partial charge on any atom is -0.491 e. The molecule has 0 atom stereocenters. The molecule has 1 N–H and O–H groups in total. The molecule has 0 saturated carbocycles. The van der Waals surface area contributed by atoms with E-state index in [1.807, 2.05) is 13.0 Å². The highest BCUT2D eigenvalue weighted by atomic mass is 32.2. The van der Waals surface area contributed by atoms with Crippen LogP contribution >= 0.6 is 0 Å². The van der Waals surface area contributed by atoms with Crippen LogP contribution in [0, 0.1) is 6.92 Å². The van der Waals surface area contributed by atoms with Crippen molar-refractivity contribution in [3.8, 4) is 5.75 Å². The molecule has 126 valence electrons. The Morgan fingerprint density at radius 2 is 1.96 bits per heavy atom. The Kier molecular flexibility index (Phi) is 4.19. The number of aryl methyl sites for hydroxylation is 1. The molecule has 1 amide bonds. The lowest BCUT2D eigenvalue weighted by Crippen LogP contribution is -2.27. The van der Waals surface area contributed by atoms with E-state index in [9.17, 15) is 13.2 Å². The number of anilines is 1. The predicted octanol–water partition coefficient (Wildman–Crippen LogP) is 2.26. The first-order valence-corrected chi connectivity index (χ1v) is 8.97. The second kappa shape index (κ2) is 6.16. The molecule has 0 fully saturated rings. The van der Waals surface area contributed by atoms with E-state index in [-0.39, 0.29) is 10.8 Å². The smallest absolute Gasteiger partial charge is 0.261 e. The van der Waals surface area contributed by atoms with Crippen LogP contribution in [0.25, 0.3) is 0 Å². The minimum absolute atomic E-state index is 0.178. The molecule has 0 aromatic heterocycles. The van der Waals surface area contributed by atoms with Gasteiger partial charge in [0.05, 0.1) is 17.0 Å². The van der Waals surface area contributed by atoms with Gasteiger partial charge in [0.2, 0.25) is 0 Å². The van der Waals surface area contributed by atoms with E-state index in [0.29, 0.717) is 30.2 Å². The molecule has 0 bridgehead atoms. The van der Waals surface area contributed by atoms with Gasteiger partial charge in [0.15, 0.2) is 0 Å². The first-order chi connectivity index (χ1) is 11.4. The lowest BCUT2D eigenvalue weighted by molar-refractivity contribution is 0.0796. The Hall–Kier alpha value is -2.54. The zero-order chi connectivity index (χ0) is 17.3. The zero-order valence-electron chi connectivity index (χ0n) is 13.4. The fourth-order valence-corrected chi connectivity index (χ4v) is 3.64. The summed E-state index contributed by atoms with van der Waals surface area (Å²) in [5.41, 5.74) is 1.52. The molecular weight excluding hydrogens is 328 g/mol. The number of ether oxygens (including phenoxy) is 1. The van der Waals surface area contributed by atoms with Gasteiger partial charge in [-0.3, -0.25) is 9.52 Å². The van der Waals surface area contributed by atoms with Crippen LogP contribution in [0.3, 0.4) is 0 Å². The number of hydrogen-bond acceptors (Lipinski definition) is 4. The van der Waals surface area contributed by atoms with Crippen molar-refractivity contribution in [2.75, 3.05) is 24.9 Å². The van der Waals surface area contributed by atoms with E-state index in [2.05, 4.69) is 4.72 Å². The van der Waals surface area contributed by atoms with Crippen LogP contribution in [0.2, 0.25) is 0 Å². The molecule has 1 aliphatic heterocycles. The summed E-state index contributed by atoms with van der Waals surface area (Å²) >= 11 is 0. The maximum Gasteiger partial charge on any atom is 0.261 e. The molecule has 6 nitrogen and oxygen atoms in total. The molecule has 0 radical (unpaired) electrons. The van der Waals surface area contributed by atoms with E-state index >= 15 is 0 Å². The van der Waals surface area contributed by atoms with Gasteiger partial charge in [0.25, 0.3) is 15.9 Å². The summed E-state index contributed by atoms with van der Waals surface area (Å²) in [4.78, 5) is 14.1. The number of sulfonamides is 1. The van der Waals surface area contributed by atoms with E-state index in [1.54, 1.807) is 36.2 Å². The molecule has 0 aliphatic carbocycles. The highest BCUT2D eigenvalue weighted by Gasteiger charge is 2.22. The maximum absolute atomic E-state index is 12.5. The Morgan fingerprint density at radius 1 is 1.17 bits per heavy atom. The van der Waals surface area contributed by atoms with Crippen LogP contribution in [0.1, 0.15) is 15.9 Å². The largest absolute Gasteiger partial charge is 0.491 e. The van der Waals surface area contributed by atoms with Crippen LogP contribution in [0.15, 0.2) is 47.4 Å². The number of rotatable bonds is 3. The number of nitrogens with one attached hydrogen (secondary N) is 1. The second-order valence-electron chi connectivity index (χ2n) is 5.71. The number of nitrogens with zero attached hydrogens (tertiary/aromatic N) is 1. The van der Waals surface area contributed by atoms with E-state index in [0.717, 1.165) is 5.56 Å². The molecule has 0 unspecified atom stereocenters. The van der Waals surface area contributed by atoms with Crippen molar-refractivity contribution >= 4 is 21.6 Å². The molecule has 2 aromatic carbocycles. The molecule has 24 heavy (non-hydrogen) atoms. The SMILES string of the molecule is Cc1cccc(S(=O)(=O)Nc2ccc3c(c2)C(=O)N(C)CCO3)c1. The quantitative estimate of drug-likeness (QED) is 0.925. The number of fused-ring (bicyclic) bond motifs is 1. The molecule has 2 aromatic rings. The number of benzene rings is 2. The van der Waals surface area contributed by atoms with Gasteiger partial charge in [-0.2, -0.15) is 0 Å². The van der Waals surface area contributed by atoms with E-state index in [1.165, 1.54) is 12.1 Å². The van der Waals surface area contributed by atoms with Crippen LogP contribution in [0.5, 0.6) is 5.75 Å². The third-order valence-electron chi connectivity index (χ3n) is 3.79. The summed E-state index contributed by atoms with van der Waals surface area (Å²) in [7, 11) is -2.03. The van der Waals surface area contributed by atoms with Crippen LogP contribution in [-0.2, 0) is 10.0 Å². The summed E-state index contributed by atoms with van der Waals surface area (Å²) in [6.07, 6.45) is 0. The molecule has 3 rings (SSSR count). The molecule has 0 spiro atoms. The molecule has 1 heterocycles. The Labute approximate surface area is 141 Å². The summed E-state index contributed by atoms with van der Waals surface area (Å²) in [5.74, 6) is 0.266. The van der Waals surface area contributed by atoms with Crippen molar-refractivity contribution < 1.29 is 17.9 Å². The summed E-state index contributed by atoms with van der Waals surface area (Å²) in [6.45, 7) is 2.72. The van der Waals surface area contributed by atoms with Crippen molar-refractivity contribution in [3.63, 3.8) is 0 Å². The minimum atomic E-state index is -3.72. The number of likely N-dealkylation sites (N-methyl/N-ethyl adjacent to an activating group) is 1. The monoisotopic (exact) mass is 346 g/mol. The third kappa shape index (κ3) is 3.21. The highest BCUT2D eigenvalue weighted by molar-refractivity contribution is 7.92. The van der Waals surface area contributed by atoms with Gasteiger partial charge >= 0.3 is 0 Å². The van der Waals surface area contributed by atoms with Crippen molar-refractivity contribution in [1.29, 1.82) is 0 Å². The Morgan fingerprint density at radius 3 is 2.71 bits per heavy atom. The summed E-state index contributed by atoms with van der Waals surface area (Å²) in [5, 5.41) is 0. The predicted molar refractivity (Wildman–Crippen MR) is 90.9 cm³/mol. The van der Waals surface area contributed by atoms with E-state index in [4.69, 9.17) is 4.74 Å². The van der Waals surface area contributed by atoms with Crippen LogP contribution in [0.4, 0.5) is 5.69 Å². The van der Waals surface area contributed by atoms with Gasteiger partial charge in [0, 0.05) is 12.7 Å². The Bertz CT molecular complexity index is 893. The second-order valence-corrected chi connectivity index (χ2v) is 7.39. The van der Waals surface area contributed by atoms with Crippen molar-refractivity contribution in [2.24, 2.45) is 0 Å². The van der Waals surface area contributed by atoms with Crippen molar-refractivity contribution in [2.45, 2.75) is 11.8 Å². The van der Waals surface area contributed by atoms with Gasteiger partial charge in [-0.05, 0) is 42.8 Å². The van der Waals surface area contributed by atoms with Crippen LogP contribution < -0.4 is 9.46 Å². The van der Waals surface area contributed by atoms with Crippen molar-refractivity contribution in [3.05, 3.63) is 53.6 Å². The number of carbonyl (C=O) groups is 1. The third-order valence-corrected chi connectivity index (χ3v) is 5.17. The molecular formula is C17H18N2O4S.